The van der Waals surface area contributed by atoms with Crippen LogP contribution in [0.4, 0.5) is 0 Å². The molecular weight excluding hydrogens is 272 g/mol. The molecule has 0 N–H and O–H groups in total. The summed E-state index contributed by atoms with van der Waals surface area (Å²) in [5.74, 6) is 0.131. The minimum atomic E-state index is -3.19. The Hall–Kier alpha value is -0.910. The van der Waals surface area contributed by atoms with E-state index in [1.807, 2.05) is 31.2 Å². The molecule has 2 fully saturated rings. The van der Waals surface area contributed by atoms with E-state index in [2.05, 4.69) is 4.90 Å². The Kier molecular flexibility index (Phi) is 3.84. The van der Waals surface area contributed by atoms with Crippen molar-refractivity contribution in [2.45, 2.75) is 31.6 Å². The van der Waals surface area contributed by atoms with E-state index >= 15 is 0 Å². The summed E-state index contributed by atoms with van der Waals surface area (Å²) in [6.07, 6.45) is 2.34. The number of piperazine rings is 1. The van der Waals surface area contributed by atoms with Gasteiger partial charge in [-0.1, -0.05) is 24.3 Å². The van der Waals surface area contributed by atoms with Crippen molar-refractivity contribution >= 4 is 10.0 Å². The minimum Gasteiger partial charge on any atom is -0.298 e. The van der Waals surface area contributed by atoms with Crippen molar-refractivity contribution in [2.24, 2.45) is 0 Å². The van der Waals surface area contributed by atoms with Crippen LogP contribution in [0.5, 0.6) is 0 Å². The van der Waals surface area contributed by atoms with Crippen LogP contribution in [0, 0.1) is 6.92 Å². The number of nitrogens with zero attached hydrogens (tertiary/aromatic N) is 2. The summed E-state index contributed by atoms with van der Waals surface area (Å²) < 4.78 is 26.9. The van der Waals surface area contributed by atoms with E-state index < -0.39 is 10.0 Å². The molecule has 1 aromatic rings. The van der Waals surface area contributed by atoms with E-state index in [9.17, 15) is 8.42 Å². The Balaban J connectivity index is 1.74. The van der Waals surface area contributed by atoms with Crippen molar-refractivity contribution in [2.75, 3.05) is 26.2 Å². The first-order valence-electron chi connectivity index (χ1n) is 7.33. The van der Waals surface area contributed by atoms with E-state index in [0.717, 1.165) is 30.6 Å². The standard InChI is InChI=1S/C15H22N2O2S/c1-13-5-2-3-6-14(13)12-20(18,19)17-10-9-16-8-4-7-15(16)11-17/h2-3,5-6,15H,4,7-12H2,1H3/t15-/m0/s1. The first-order chi connectivity index (χ1) is 9.56. The zero-order valence-corrected chi connectivity index (χ0v) is 12.8. The van der Waals surface area contributed by atoms with Gasteiger partial charge in [0.1, 0.15) is 0 Å². The van der Waals surface area contributed by atoms with Gasteiger partial charge >= 0.3 is 0 Å². The molecule has 20 heavy (non-hydrogen) atoms. The van der Waals surface area contributed by atoms with Crippen LogP contribution in [0.1, 0.15) is 24.0 Å². The van der Waals surface area contributed by atoms with Gasteiger partial charge in [0, 0.05) is 25.7 Å². The molecule has 0 aromatic heterocycles. The maximum atomic E-state index is 12.6. The third-order valence-corrected chi connectivity index (χ3v) is 6.34. The van der Waals surface area contributed by atoms with Crippen molar-refractivity contribution in [3.8, 4) is 0 Å². The summed E-state index contributed by atoms with van der Waals surface area (Å²) in [6, 6.07) is 8.18. The summed E-state index contributed by atoms with van der Waals surface area (Å²) in [5, 5.41) is 0. The molecule has 2 heterocycles. The molecule has 0 spiro atoms. The first-order valence-corrected chi connectivity index (χ1v) is 8.93. The predicted octanol–water partition coefficient (Wildman–Crippen LogP) is 1.60. The molecule has 0 radical (unpaired) electrons. The maximum absolute atomic E-state index is 12.6. The third kappa shape index (κ3) is 2.75. The van der Waals surface area contributed by atoms with Crippen LogP contribution in [0.15, 0.2) is 24.3 Å². The Morgan fingerprint density at radius 3 is 2.80 bits per heavy atom. The van der Waals surface area contributed by atoms with Crippen LogP contribution >= 0.6 is 0 Å². The molecule has 5 heteroatoms. The Morgan fingerprint density at radius 2 is 2.00 bits per heavy atom. The molecule has 0 aliphatic carbocycles. The van der Waals surface area contributed by atoms with Gasteiger partial charge < -0.3 is 0 Å². The number of fused-ring (bicyclic) bond motifs is 1. The Bertz CT molecular complexity index is 585. The molecule has 1 atom stereocenters. The quantitative estimate of drug-likeness (QED) is 0.850. The van der Waals surface area contributed by atoms with E-state index in [-0.39, 0.29) is 5.75 Å². The fourth-order valence-corrected chi connectivity index (χ4v) is 4.93. The third-order valence-electron chi connectivity index (χ3n) is 4.54. The van der Waals surface area contributed by atoms with Crippen molar-refractivity contribution in [1.82, 2.24) is 9.21 Å². The van der Waals surface area contributed by atoms with Crippen LogP contribution in [-0.2, 0) is 15.8 Å². The van der Waals surface area contributed by atoms with Gasteiger partial charge in [0.15, 0.2) is 0 Å². The molecule has 3 rings (SSSR count). The van der Waals surface area contributed by atoms with Gasteiger partial charge in [0.25, 0.3) is 0 Å². The normalized spacial score (nSPS) is 24.8. The van der Waals surface area contributed by atoms with Gasteiger partial charge in [-0.15, -0.1) is 0 Å². The second-order valence-electron chi connectivity index (χ2n) is 5.87. The van der Waals surface area contributed by atoms with Crippen LogP contribution < -0.4 is 0 Å². The van der Waals surface area contributed by atoms with Gasteiger partial charge in [-0.3, -0.25) is 4.90 Å². The van der Waals surface area contributed by atoms with Gasteiger partial charge in [0.05, 0.1) is 5.75 Å². The summed E-state index contributed by atoms with van der Waals surface area (Å²) in [4.78, 5) is 2.43. The van der Waals surface area contributed by atoms with Crippen molar-refractivity contribution in [1.29, 1.82) is 0 Å². The van der Waals surface area contributed by atoms with Crippen LogP contribution in [-0.4, -0.2) is 49.8 Å². The van der Waals surface area contributed by atoms with Gasteiger partial charge in [-0.2, -0.15) is 4.31 Å². The lowest BCUT2D eigenvalue weighted by Crippen LogP contribution is -2.52. The zero-order chi connectivity index (χ0) is 14.2. The lowest BCUT2D eigenvalue weighted by atomic mass is 10.1. The summed E-state index contributed by atoms with van der Waals surface area (Å²) >= 11 is 0. The number of hydrogen-bond donors (Lipinski definition) is 0. The van der Waals surface area contributed by atoms with Crippen LogP contribution in [0.3, 0.4) is 0 Å². The molecule has 0 amide bonds. The average Bonchev–Trinajstić information content (AvgIpc) is 2.88. The van der Waals surface area contributed by atoms with E-state index in [4.69, 9.17) is 0 Å². The maximum Gasteiger partial charge on any atom is 0.218 e. The fourth-order valence-electron chi connectivity index (χ4n) is 3.28. The highest BCUT2D eigenvalue weighted by atomic mass is 32.2. The average molecular weight is 294 g/mol. The molecular formula is C15H22N2O2S. The lowest BCUT2D eigenvalue weighted by Gasteiger charge is -2.36. The molecule has 0 bridgehead atoms. The molecule has 2 saturated heterocycles. The lowest BCUT2D eigenvalue weighted by molar-refractivity contribution is 0.158. The first kappa shape index (κ1) is 14.0. The van der Waals surface area contributed by atoms with Crippen molar-refractivity contribution < 1.29 is 8.42 Å². The Morgan fingerprint density at radius 1 is 1.20 bits per heavy atom. The van der Waals surface area contributed by atoms with Crippen molar-refractivity contribution in [3.63, 3.8) is 0 Å². The van der Waals surface area contributed by atoms with Crippen molar-refractivity contribution in [3.05, 3.63) is 35.4 Å². The molecule has 0 saturated carbocycles. The molecule has 2 aliphatic heterocycles. The largest absolute Gasteiger partial charge is 0.298 e. The van der Waals surface area contributed by atoms with Crippen LogP contribution in [0.2, 0.25) is 0 Å². The SMILES string of the molecule is Cc1ccccc1CS(=O)(=O)N1CCN2CCC[C@H]2C1. The second-order valence-corrected chi connectivity index (χ2v) is 7.84. The molecule has 0 unspecified atom stereocenters. The van der Waals surface area contributed by atoms with Crippen LogP contribution in [0.25, 0.3) is 0 Å². The molecule has 1 aromatic carbocycles. The van der Waals surface area contributed by atoms with E-state index in [1.54, 1.807) is 4.31 Å². The smallest absolute Gasteiger partial charge is 0.218 e. The monoisotopic (exact) mass is 294 g/mol. The number of sulfonamides is 1. The van der Waals surface area contributed by atoms with E-state index in [0.29, 0.717) is 19.1 Å². The van der Waals surface area contributed by atoms with Gasteiger partial charge in [0.2, 0.25) is 10.0 Å². The van der Waals surface area contributed by atoms with E-state index in [1.165, 1.54) is 6.42 Å². The summed E-state index contributed by atoms with van der Waals surface area (Å²) in [5.41, 5.74) is 1.97. The number of hydrogen-bond acceptors (Lipinski definition) is 3. The minimum absolute atomic E-state index is 0.131. The van der Waals surface area contributed by atoms with Gasteiger partial charge in [-0.25, -0.2) is 8.42 Å². The highest BCUT2D eigenvalue weighted by molar-refractivity contribution is 7.88. The molecule has 4 nitrogen and oxygen atoms in total. The fraction of sp³-hybridized carbons (Fsp3) is 0.600. The number of aryl methyl sites for hydroxylation is 1. The molecule has 110 valence electrons. The Labute approximate surface area is 121 Å². The highest BCUT2D eigenvalue weighted by Gasteiger charge is 2.35. The second kappa shape index (κ2) is 5.47. The molecule has 2 aliphatic rings. The number of benzene rings is 1. The zero-order valence-electron chi connectivity index (χ0n) is 12.0. The summed E-state index contributed by atoms with van der Waals surface area (Å²) in [7, 11) is -3.19. The topological polar surface area (TPSA) is 40.6 Å². The van der Waals surface area contributed by atoms with Gasteiger partial charge in [-0.05, 0) is 37.4 Å². The predicted molar refractivity (Wildman–Crippen MR) is 80.0 cm³/mol. The number of rotatable bonds is 3. The highest BCUT2D eigenvalue weighted by Crippen LogP contribution is 2.24. The summed E-state index contributed by atoms with van der Waals surface area (Å²) in [6.45, 7) is 5.31.